The van der Waals surface area contributed by atoms with Gasteiger partial charge in [0.1, 0.15) is 5.75 Å². The number of hydrogen-bond donors (Lipinski definition) is 1. The Morgan fingerprint density at radius 2 is 1.59 bits per heavy atom. The summed E-state index contributed by atoms with van der Waals surface area (Å²) in [6, 6.07) is 7.35. The Bertz CT molecular complexity index is 494. The summed E-state index contributed by atoms with van der Waals surface area (Å²) in [7, 11) is 0. The maximum Gasteiger partial charge on any atom is 0.116 e. The zero-order chi connectivity index (χ0) is 15.9. The van der Waals surface area contributed by atoms with Crippen molar-refractivity contribution in [1.29, 1.82) is 0 Å². The van der Waals surface area contributed by atoms with Crippen molar-refractivity contribution in [1.82, 2.24) is 0 Å². The van der Waals surface area contributed by atoms with Crippen molar-refractivity contribution in [3.05, 3.63) is 72.9 Å². The first kappa shape index (κ1) is 18.0. The second-order valence-electron chi connectivity index (χ2n) is 5.34. The predicted molar refractivity (Wildman–Crippen MR) is 97.9 cm³/mol. The minimum absolute atomic E-state index is 0.327. The summed E-state index contributed by atoms with van der Waals surface area (Å²) < 4.78 is 0. The molecular formula is C21H28O. The number of phenols is 1. The van der Waals surface area contributed by atoms with E-state index in [1.165, 1.54) is 25.7 Å². The van der Waals surface area contributed by atoms with Crippen LogP contribution in [0.15, 0.2) is 67.3 Å². The smallest absolute Gasteiger partial charge is 0.116 e. The second kappa shape index (κ2) is 12.7. The maximum atomic E-state index is 9.37. The van der Waals surface area contributed by atoms with Crippen molar-refractivity contribution >= 4 is 6.08 Å². The van der Waals surface area contributed by atoms with Gasteiger partial charge in [-0.25, -0.2) is 0 Å². The summed E-state index contributed by atoms with van der Waals surface area (Å²) in [5.74, 6) is 0.327. The fourth-order valence-electron chi connectivity index (χ4n) is 2.13. The number of hydrogen-bond acceptors (Lipinski definition) is 1. The van der Waals surface area contributed by atoms with Crippen LogP contribution in [0.4, 0.5) is 0 Å². The average molecular weight is 296 g/mol. The summed E-state index contributed by atoms with van der Waals surface area (Å²) in [5, 5.41) is 9.37. The van der Waals surface area contributed by atoms with Gasteiger partial charge in [-0.1, -0.05) is 61.1 Å². The van der Waals surface area contributed by atoms with Crippen molar-refractivity contribution in [3.63, 3.8) is 0 Å². The van der Waals surface area contributed by atoms with Crippen molar-refractivity contribution in [2.24, 2.45) is 0 Å². The standard InChI is InChI=1S/C21H28O/c1-2-3-4-5-6-7-8-9-10-11-12-13-14-16-20-17-15-18-21(22)19-20/h2,4-5,7-8,14-19,22H,1,3,6,9-13H2. The summed E-state index contributed by atoms with van der Waals surface area (Å²) in [4.78, 5) is 0. The SMILES string of the molecule is C=CCC=CCC=CCCCCCC=Cc1cccc(O)c1. The Labute approximate surface area is 135 Å². The molecule has 1 N–H and O–H groups in total. The minimum Gasteiger partial charge on any atom is -0.508 e. The van der Waals surface area contributed by atoms with Gasteiger partial charge < -0.3 is 5.11 Å². The lowest BCUT2D eigenvalue weighted by Crippen LogP contribution is -1.76. The molecule has 0 radical (unpaired) electrons. The number of aromatic hydroxyl groups is 1. The van der Waals surface area contributed by atoms with Gasteiger partial charge in [-0.3, -0.25) is 0 Å². The van der Waals surface area contributed by atoms with Gasteiger partial charge in [0.05, 0.1) is 0 Å². The first-order chi connectivity index (χ1) is 10.8. The number of benzene rings is 1. The lowest BCUT2D eigenvalue weighted by molar-refractivity contribution is 0.475. The largest absolute Gasteiger partial charge is 0.508 e. The summed E-state index contributed by atoms with van der Waals surface area (Å²) in [6.45, 7) is 3.69. The van der Waals surface area contributed by atoms with E-state index in [4.69, 9.17) is 0 Å². The van der Waals surface area contributed by atoms with E-state index in [1.54, 1.807) is 12.1 Å². The van der Waals surface area contributed by atoms with Gasteiger partial charge in [-0.15, -0.1) is 6.58 Å². The first-order valence-electron chi connectivity index (χ1n) is 8.19. The van der Waals surface area contributed by atoms with E-state index < -0.39 is 0 Å². The second-order valence-corrected chi connectivity index (χ2v) is 5.34. The van der Waals surface area contributed by atoms with Crippen LogP contribution < -0.4 is 0 Å². The summed E-state index contributed by atoms with van der Waals surface area (Å²) >= 11 is 0. The molecule has 0 spiro atoms. The van der Waals surface area contributed by atoms with Gasteiger partial charge in [-0.2, -0.15) is 0 Å². The van der Waals surface area contributed by atoms with Gasteiger partial charge in [0.15, 0.2) is 0 Å². The van der Waals surface area contributed by atoms with Gasteiger partial charge in [0, 0.05) is 0 Å². The number of rotatable bonds is 11. The van der Waals surface area contributed by atoms with Crippen molar-refractivity contribution in [3.8, 4) is 5.75 Å². The highest BCUT2D eigenvalue weighted by molar-refractivity contribution is 5.51. The monoisotopic (exact) mass is 296 g/mol. The molecule has 0 aliphatic carbocycles. The van der Waals surface area contributed by atoms with Gasteiger partial charge in [0.2, 0.25) is 0 Å². The molecule has 0 saturated heterocycles. The van der Waals surface area contributed by atoms with Crippen molar-refractivity contribution in [2.75, 3.05) is 0 Å². The van der Waals surface area contributed by atoms with Crippen LogP contribution in [-0.4, -0.2) is 5.11 Å². The van der Waals surface area contributed by atoms with E-state index in [-0.39, 0.29) is 0 Å². The van der Waals surface area contributed by atoms with Crippen LogP contribution >= 0.6 is 0 Å². The Balaban J connectivity index is 1.99. The van der Waals surface area contributed by atoms with Crippen LogP contribution in [0.1, 0.15) is 50.5 Å². The van der Waals surface area contributed by atoms with Crippen LogP contribution in [-0.2, 0) is 0 Å². The fraction of sp³-hybridized carbons (Fsp3) is 0.333. The molecule has 0 aliphatic rings. The highest BCUT2D eigenvalue weighted by Gasteiger charge is 1.89. The van der Waals surface area contributed by atoms with E-state index in [9.17, 15) is 5.11 Å². The summed E-state index contributed by atoms with van der Waals surface area (Å²) in [5.41, 5.74) is 1.06. The molecule has 1 rings (SSSR count). The summed E-state index contributed by atoms with van der Waals surface area (Å²) in [6.07, 6.45) is 23.0. The van der Waals surface area contributed by atoms with Gasteiger partial charge >= 0.3 is 0 Å². The van der Waals surface area contributed by atoms with Crippen LogP contribution in [0.3, 0.4) is 0 Å². The predicted octanol–water partition coefficient (Wildman–Crippen LogP) is 6.43. The number of phenolic OH excluding ortho intramolecular Hbond substituents is 1. The minimum atomic E-state index is 0.327. The molecule has 0 heterocycles. The lowest BCUT2D eigenvalue weighted by atomic mass is 10.1. The average Bonchev–Trinajstić information content (AvgIpc) is 2.52. The molecule has 0 aliphatic heterocycles. The van der Waals surface area contributed by atoms with Crippen LogP contribution in [0, 0.1) is 0 Å². The molecule has 0 bridgehead atoms. The third-order valence-corrected chi connectivity index (χ3v) is 3.33. The van der Waals surface area contributed by atoms with E-state index in [0.29, 0.717) is 5.75 Å². The quantitative estimate of drug-likeness (QED) is 0.368. The molecular weight excluding hydrogens is 268 g/mol. The van der Waals surface area contributed by atoms with Gasteiger partial charge in [0.25, 0.3) is 0 Å². The fourth-order valence-corrected chi connectivity index (χ4v) is 2.13. The van der Waals surface area contributed by atoms with E-state index in [0.717, 1.165) is 24.8 Å². The molecule has 1 aromatic rings. The highest BCUT2D eigenvalue weighted by Crippen LogP contribution is 2.13. The zero-order valence-electron chi connectivity index (χ0n) is 13.5. The number of unbranched alkanes of at least 4 members (excludes halogenated alkanes) is 4. The van der Waals surface area contributed by atoms with E-state index in [2.05, 4.69) is 43.0 Å². The topological polar surface area (TPSA) is 20.2 Å². The normalized spacial score (nSPS) is 11.8. The molecule has 22 heavy (non-hydrogen) atoms. The molecule has 1 nitrogen and oxygen atoms in total. The first-order valence-corrected chi connectivity index (χ1v) is 8.19. The maximum absolute atomic E-state index is 9.37. The Kier molecular flexibility index (Phi) is 10.4. The van der Waals surface area contributed by atoms with Crippen LogP contribution in [0.5, 0.6) is 5.75 Å². The molecule has 0 unspecified atom stereocenters. The third kappa shape index (κ3) is 9.82. The molecule has 0 aromatic heterocycles. The molecule has 1 aromatic carbocycles. The van der Waals surface area contributed by atoms with Gasteiger partial charge in [-0.05, 0) is 56.2 Å². The van der Waals surface area contributed by atoms with Crippen molar-refractivity contribution in [2.45, 2.75) is 44.9 Å². The Morgan fingerprint density at radius 1 is 0.864 bits per heavy atom. The Morgan fingerprint density at radius 3 is 2.36 bits per heavy atom. The molecule has 118 valence electrons. The molecule has 0 atom stereocenters. The third-order valence-electron chi connectivity index (χ3n) is 3.33. The lowest BCUT2D eigenvalue weighted by Gasteiger charge is -1.96. The van der Waals surface area contributed by atoms with E-state index >= 15 is 0 Å². The van der Waals surface area contributed by atoms with E-state index in [1.807, 2.05) is 18.2 Å². The molecule has 0 saturated carbocycles. The Hall–Kier alpha value is -2.02. The molecule has 0 amide bonds. The molecule has 1 heteroatoms. The zero-order valence-corrected chi connectivity index (χ0v) is 13.5. The van der Waals surface area contributed by atoms with Crippen molar-refractivity contribution < 1.29 is 5.11 Å². The molecule has 0 fully saturated rings. The van der Waals surface area contributed by atoms with Crippen LogP contribution in [0.2, 0.25) is 0 Å². The highest BCUT2D eigenvalue weighted by atomic mass is 16.3. The number of allylic oxidation sites excluding steroid dienone is 6. The van der Waals surface area contributed by atoms with Crippen LogP contribution in [0.25, 0.3) is 6.08 Å².